The van der Waals surface area contributed by atoms with Crippen molar-refractivity contribution in [2.75, 3.05) is 0 Å². The summed E-state index contributed by atoms with van der Waals surface area (Å²) in [7, 11) is 0. The molecule has 1 unspecified atom stereocenters. The van der Waals surface area contributed by atoms with E-state index in [1.165, 1.54) is 0 Å². The highest BCUT2D eigenvalue weighted by Gasteiger charge is 2.21. The van der Waals surface area contributed by atoms with Crippen LogP contribution in [0.1, 0.15) is 33.6 Å². The summed E-state index contributed by atoms with van der Waals surface area (Å²) in [6, 6.07) is 24.3. The first-order chi connectivity index (χ1) is 15.2. The number of nitrogens with zero attached hydrogens (tertiary/aromatic N) is 5. The number of benzene rings is 3. The van der Waals surface area contributed by atoms with Crippen LogP contribution < -0.4 is 5.32 Å². The Balaban J connectivity index is 1.50. The van der Waals surface area contributed by atoms with Crippen molar-refractivity contribution in [3.63, 3.8) is 0 Å². The summed E-state index contributed by atoms with van der Waals surface area (Å²) >= 11 is 0. The maximum atomic E-state index is 13.2. The number of rotatable bonds is 5. The average Bonchev–Trinajstić information content (AvgIpc) is 3.44. The number of imidazole rings is 1. The summed E-state index contributed by atoms with van der Waals surface area (Å²) in [5.74, 6) is 1.09. The van der Waals surface area contributed by atoms with E-state index in [0.717, 1.165) is 22.3 Å². The van der Waals surface area contributed by atoms with Gasteiger partial charge in [0, 0.05) is 5.56 Å². The van der Waals surface area contributed by atoms with Crippen LogP contribution in [0.15, 0.2) is 78.9 Å². The van der Waals surface area contributed by atoms with Gasteiger partial charge in [-0.15, -0.1) is 5.10 Å². The van der Waals surface area contributed by atoms with Gasteiger partial charge in [-0.05, 0) is 53.2 Å². The molecule has 8 heteroatoms. The van der Waals surface area contributed by atoms with Crippen LogP contribution in [0.25, 0.3) is 16.7 Å². The molecule has 0 aliphatic rings. The van der Waals surface area contributed by atoms with E-state index in [2.05, 4.69) is 25.8 Å². The van der Waals surface area contributed by atoms with Crippen LogP contribution in [0.5, 0.6) is 0 Å². The number of para-hydroxylation sites is 2. The summed E-state index contributed by atoms with van der Waals surface area (Å²) in [5.41, 5.74) is 3.93. The molecule has 0 saturated carbocycles. The van der Waals surface area contributed by atoms with E-state index in [1.54, 1.807) is 23.7 Å². The van der Waals surface area contributed by atoms with Crippen LogP contribution in [0.4, 0.5) is 0 Å². The van der Waals surface area contributed by atoms with Crippen molar-refractivity contribution in [3.05, 3.63) is 102 Å². The second-order valence-electron chi connectivity index (χ2n) is 7.14. The number of aromatic nitrogens is 6. The van der Waals surface area contributed by atoms with Gasteiger partial charge in [0.25, 0.3) is 5.91 Å². The summed E-state index contributed by atoms with van der Waals surface area (Å²) in [6.07, 6.45) is 0. The molecule has 5 aromatic rings. The molecule has 2 heterocycles. The second kappa shape index (κ2) is 7.83. The number of fused-ring (bicyclic) bond motifs is 1. The van der Waals surface area contributed by atoms with Crippen molar-refractivity contribution >= 4 is 16.9 Å². The summed E-state index contributed by atoms with van der Waals surface area (Å²) in [5, 5.41) is 14.7. The molecule has 0 fully saturated rings. The minimum absolute atomic E-state index is 0.220. The Kier molecular flexibility index (Phi) is 4.72. The molecule has 0 aliphatic carbocycles. The lowest BCUT2D eigenvalue weighted by Gasteiger charge is -2.17. The Hall–Kier alpha value is -4.33. The van der Waals surface area contributed by atoms with Gasteiger partial charge < -0.3 is 10.3 Å². The second-order valence-corrected chi connectivity index (χ2v) is 7.14. The molecule has 5 rings (SSSR count). The Labute approximate surface area is 178 Å². The molecule has 1 atom stereocenters. The molecular formula is C23H19N7O. The molecular weight excluding hydrogens is 390 g/mol. The highest BCUT2D eigenvalue weighted by atomic mass is 16.1. The number of carbonyl (C=O) groups excluding carboxylic acids is 1. The summed E-state index contributed by atoms with van der Waals surface area (Å²) in [6.45, 7) is 1.81. The van der Waals surface area contributed by atoms with Crippen molar-refractivity contribution in [2.24, 2.45) is 0 Å². The predicted octanol–water partition coefficient (Wildman–Crippen LogP) is 3.37. The minimum atomic E-state index is -0.431. The van der Waals surface area contributed by atoms with E-state index in [0.29, 0.717) is 17.2 Å². The van der Waals surface area contributed by atoms with Crippen molar-refractivity contribution in [1.29, 1.82) is 0 Å². The van der Waals surface area contributed by atoms with Crippen molar-refractivity contribution in [3.8, 4) is 5.69 Å². The third-order valence-corrected chi connectivity index (χ3v) is 5.07. The number of aryl methyl sites for hydroxylation is 1. The number of hydrogen-bond donors (Lipinski definition) is 2. The molecule has 0 radical (unpaired) electrons. The molecule has 0 bridgehead atoms. The lowest BCUT2D eigenvalue weighted by Crippen LogP contribution is -2.30. The number of H-pyrrole nitrogens is 1. The summed E-state index contributed by atoms with van der Waals surface area (Å²) in [4.78, 5) is 21.3. The van der Waals surface area contributed by atoms with E-state index in [-0.39, 0.29) is 5.91 Å². The number of carbonyl (C=O) groups is 1. The average molecular weight is 409 g/mol. The summed E-state index contributed by atoms with van der Waals surface area (Å²) < 4.78 is 1.59. The number of aromatic amines is 1. The molecule has 2 N–H and O–H groups in total. The van der Waals surface area contributed by atoms with Gasteiger partial charge in [-0.25, -0.2) is 4.98 Å². The normalized spacial score (nSPS) is 12.0. The van der Waals surface area contributed by atoms with Crippen LogP contribution in [0.2, 0.25) is 0 Å². The van der Waals surface area contributed by atoms with Crippen molar-refractivity contribution in [1.82, 2.24) is 35.5 Å². The first-order valence-electron chi connectivity index (χ1n) is 9.85. The van der Waals surface area contributed by atoms with Gasteiger partial charge in [-0.1, -0.05) is 48.5 Å². The highest BCUT2D eigenvalue weighted by Crippen LogP contribution is 2.23. The first-order valence-corrected chi connectivity index (χ1v) is 9.85. The molecule has 1 amide bonds. The molecule has 0 spiro atoms. The van der Waals surface area contributed by atoms with Crippen LogP contribution in [-0.4, -0.2) is 36.1 Å². The zero-order valence-electron chi connectivity index (χ0n) is 16.7. The smallest absolute Gasteiger partial charge is 0.252 e. The number of amides is 1. The highest BCUT2D eigenvalue weighted by molar-refractivity contribution is 5.95. The van der Waals surface area contributed by atoms with E-state index in [1.807, 2.05) is 66.7 Å². The Morgan fingerprint density at radius 1 is 1.00 bits per heavy atom. The zero-order valence-corrected chi connectivity index (χ0v) is 16.7. The monoisotopic (exact) mass is 409 g/mol. The van der Waals surface area contributed by atoms with Gasteiger partial charge in [-0.2, -0.15) is 4.68 Å². The fourth-order valence-corrected chi connectivity index (χ4v) is 3.53. The van der Waals surface area contributed by atoms with E-state index < -0.39 is 6.04 Å². The molecule has 3 aromatic carbocycles. The maximum Gasteiger partial charge on any atom is 0.252 e. The SMILES string of the molecule is Cc1nnnn1-c1cccc(C(=O)NC(c2ccccc2)c2nc3ccccc3[nH]2)c1. The molecule has 2 aromatic heterocycles. The first kappa shape index (κ1) is 18.7. The van der Waals surface area contributed by atoms with Gasteiger partial charge in [0.05, 0.1) is 16.7 Å². The molecule has 152 valence electrons. The van der Waals surface area contributed by atoms with Gasteiger partial charge in [-0.3, -0.25) is 4.79 Å². The predicted molar refractivity (Wildman–Crippen MR) is 116 cm³/mol. The van der Waals surface area contributed by atoms with Crippen LogP contribution in [0.3, 0.4) is 0 Å². The lowest BCUT2D eigenvalue weighted by molar-refractivity contribution is 0.0941. The van der Waals surface area contributed by atoms with E-state index >= 15 is 0 Å². The fraction of sp³-hybridized carbons (Fsp3) is 0.0870. The number of nitrogens with one attached hydrogen (secondary N) is 2. The Morgan fingerprint density at radius 3 is 2.58 bits per heavy atom. The molecule has 8 nitrogen and oxygen atoms in total. The Morgan fingerprint density at radius 2 is 1.81 bits per heavy atom. The van der Waals surface area contributed by atoms with Gasteiger partial charge >= 0.3 is 0 Å². The maximum absolute atomic E-state index is 13.2. The van der Waals surface area contributed by atoms with Gasteiger partial charge in [0.1, 0.15) is 11.9 Å². The standard InChI is InChI=1S/C23H19N7O/c1-15-27-28-29-30(15)18-11-7-10-17(14-18)23(31)26-21(16-8-3-2-4-9-16)22-24-19-12-5-6-13-20(19)25-22/h2-14,21H,1H3,(H,24,25)(H,26,31). The number of tetrazole rings is 1. The van der Waals surface area contributed by atoms with E-state index in [4.69, 9.17) is 4.98 Å². The topological polar surface area (TPSA) is 101 Å². The number of hydrogen-bond acceptors (Lipinski definition) is 5. The largest absolute Gasteiger partial charge is 0.340 e. The van der Waals surface area contributed by atoms with Crippen molar-refractivity contribution in [2.45, 2.75) is 13.0 Å². The van der Waals surface area contributed by atoms with Gasteiger partial charge in [0.15, 0.2) is 5.82 Å². The quantitative estimate of drug-likeness (QED) is 0.463. The minimum Gasteiger partial charge on any atom is -0.340 e. The third-order valence-electron chi connectivity index (χ3n) is 5.07. The van der Waals surface area contributed by atoms with E-state index in [9.17, 15) is 4.79 Å². The van der Waals surface area contributed by atoms with Crippen molar-refractivity contribution < 1.29 is 4.79 Å². The Bertz CT molecular complexity index is 1320. The van der Waals surface area contributed by atoms with Crippen LogP contribution in [-0.2, 0) is 0 Å². The van der Waals surface area contributed by atoms with Gasteiger partial charge in [0.2, 0.25) is 0 Å². The van der Waals surface area contributed by atoms with Crippen LogP contribution >= 0.6 is 0 Å². The lowest BCUT2D eigenvalue weighted by atomic mass is 10.1. The fourth-order valence-electron chi connectivity index (χ4n) is 3.53. The third kappa shape index (κ3) is 3.66. The molecule has 0 saturated heterocycles. The molecule has 31 heavy (non-hydrogen) atoms. The van der Waals surface area contributed by atoms with Crippen LogP contribution in [0, 0.1) is 6.92 Å². The zero-order chi connectivity index (χ0) is 21.2. The molecule has 0 aliphatic heterocycles.